The van der Waals surface area contributed by atoms with Crippen LogP contribution in [0.1, 0.15) is 11.1 Å². The highest BCUT2D eigenvalue weighted by atomic mass is 35.5. The molecule has 0 fully saturated rings. The lowest BCUT2D eigenvalue weighted by Gasteiger charge is -2.12. The van der Waals surface area contributed by atoms with Crippen LogP contribution >= 0.6 is 11.6 Å². The lowest BCUT2D eigenvalue weighted by Crippen LogP contribution is -2.22. The van der Waals surface area contributed by atoms with Crippen LogP contribution < -0.4 is 10.9 Å². The summed E-state index contributed by atoms with van der Waals surface area (Å²) in [6.45, 7) is 1.92. The second kappa shape index (κ2) is 7.66. The molecule has 5 nitrogen and oxygen atoms in total. The molecule has 28 heavy (non-hydrogen) atoms. The highest BCUT2D eigenvalue weighted by molar-refractivity contribution is 6.30. The second-order valence-electron chi connectivity index (χ2n) is 6.29. The van der Waals surface area contributed by atoms with E-state index in [9.17, 15) is 4.79 Å². The molecule has 0 unspecified atom stereocenters. The van der Waals surface area contributed by atoms with Gasteiger partial charge in [-0.2, -0.15) is 0 Å². The molecule has 138 valence electrons. The highest BCUT2D eigenvalue weighted by Gasteiger charge is 2.13. The predicted octanol–water partition coefficient (Wildman–Crippen LogP) is 5.15. The molecule has 0 atom stereocenters. The number of aliphatic imine (C=N–C) groups is 1. The first kappa shape index (κ1) is 17.9. The van der Waals surface area contributed by atoms with Gasteiger partial charge in [-0.15, -0.1) is 0 Å². The molecule has 0 amide bonds. The molecular formula is C22H17ClN4O. The Labute approximate surface area is 167 Å². The van der Waals surface area contributed by atoms with E-state index in [2.05, 4.69) is 10.3 Å². The summed E-state index contributed by atoms with van der Waals surface area (Å²) in [5.41, 5.74) is 3.23. The Morgan fingerprint density at radius 3 is 2.54 bits per heavy atom. The van der Waals surface area contributed by atoms with Gasteiger partial charge >= 0.3 is 0 Å². The Kier molecular flexibility index (Phi) is 4.91. The number of aromatic nitrogens is 2. The number of aryl methyl sites for hydroxylation is 1. The largest absolute Gasteiger partial charge is 0.339 e. The molecule has 4 aromatic rings. The summed E-state index contributed by atoms with van der Waals surface area (Å²) in [6, 6.07) is 20.4. The summed E-state index contributed by atoms with van der Waals surface area (Å²) >= 11 is 5.97. The SMILES string of the molecule is Cc1cccn2c(=O)c(C=Nc3ccccc3)c(Nc3ccc(Cl)cc3)nc12. The van der Waals surface area contributed by atoms with E-state index in [1.807, 2.05) is 61.5 Å². The number of halogens is 1. The number of rotatable bonds is 4. The minimum absolute atomic E-state index is 0.190. The molecular weight excluding hydrogens is 372 g/mol. The van der Waals surface area contributed by atoms with Gasteiger partial charge in [0.05, 0.1) is 5.69 Å². The molecule has 0 radical (unpaired) electrons. The maximum atomic E-state index is 13.1. The van der Waals surface area contributed by atoms with Crippen molar-refractivity contribution in [1.29, 1.82) is 0 Å². The van der Waals surface area contributed by atoms with E-state index < -0.39 is 0 Å². The molecule has 0 aliphatic rings. The third kappa shape index (κ3) is 3.66. The summed E-state index contributed by atoms with van der Waals surface area (Å²) < 4.78 is 1.54. The zero-order valence-corrected chi connectivity index (χ0v) is 15.9. The fraction of sp³-hybridized carbons (Fsp3) is 0.0455. The third-order valence-corrected chi connectivity index (χ3v) is 4.54. The van der Waals surface area contributed by atoms with Crippen LogP contribution in [0.3, 0.4) is 0 Å². The first-order chi connectivity index (χ1) is 13.6. The molecule has 0 aliphatic carbocycles. The molecule has 0 saturated carbocycles. The Bertz CT molecular complexity index is 1220. The number of pyridine rings is 1. The van der Waals surface area contributed by atoms with Crippen LogP contribution in [0.25, 0.3) is 5.65 Å². The van der Waals surface area contributed by atoms with Crippen molar-refractivity contribution in [2.24, 2.45) is 4.99 Å². The van der Waals surface area contributed by atoms with E-state index in [4.69, 9.17) is 16.6 Å². The van der Waals surface area contributed by atoms with E-state index in [1.165, 1.54) is 4.40 Å². The van der Waals surface area contributed by atoms with Crippen LogP contribution in [0, 0.1) is 6.92 Å². The zero-order chi connectivity index (χ0) is 19.5. The average molecular weight is 389 g/mol. The summed E-state index contributed by atoms with van der Waals surface area (Å²) in [5, 5.41) is 3.86. The Morgan fingerprint density at radius 2 is 1.79 bits per heavy atom. The standard InChI is InChI=1S/C22H17ClN4O/c1-15-6-5-13-27-21(15)26-20(25-18-11-9-16(23)10-12-18)19(22(27)28)14-24-17-7-3-2-4-8-17/h2-14,25H,1H3. The van der Waals surface area contributed by atoms with Crippen LogP contribution in [0.2, 0.25) is 5.02 Å². The molecule has 6 heteroatoms. The topological polar surface area (TPSA) is 58.8 Å². The molecule has 0 bridgehead atoms. The number of nitrogens with zero attached hydrogens (tertiary/aromatic N) is 3. The molecule has 2 aromatic carbocycles. The number of para-hydroxylation sites is 1. The van der Waals surface area contributed by atoms with Gasteiger partial charge < -0.3 is 5.32 Å². The van der Waals surface area contributed by atoms with Gasteiger partial charge in [0.2, 0.25) is 0 Å². The molecule has 0 spiro atoms. The lowest BCUT2D eigenvalue weighted by molar-refractivity contribution is 1.03. The van der Waals surface area contributed by atoms with Crippen molar-refractivity contribution < 1.29 is 0 Å². The molecule has 4 rings (SSSR count). The van der Waals surface area contributed by atoms with Gasteiger partial charge in [0, 0.05) is 23.1 Å². The molecule has 0 saturated heterocycles. The summed E-state index contributed by atoms with van der Waals surface area (Å²) in [5.74, 6) is 0.446. The maximum Gasteiger partial charge on any atom is 0.268 e. The van der Waals surface area contributed by atoms with Crippen LogP contribution in [-0.4, -0.2) is 15.6 Å². The van der Waals surface area contributed by atoms with Crippen molar-refractivity contribution in [2.75, 3.05) is 5.32 Å². The maximum absolute atomic E-state index is 13.1. The summed E-state index contributed by atoms with van der Waals surface area (Å²) in [7, 11) is 0. The average Bonchev–Trinajstić information content (AvgIpc) is 2.71. The first-order valence-corrected chi connectivity index (χ1v) is 9.13. The number of fused-ring (bicyclic) bond motifs is 1. The second-order valence-corrected chi connectivity index (χ2v) is 6.73. The van der Waals surface area contributed by atoms with E-state index in [-0.39, 0.29) is 5.56 Å². The van der Waals surface area contributed by atoms with E-state index in [0.717, 1.165) is 16.9 Å². The van der Waals surface area contributed by atoms with Gasteiger partial charge in [-0.05, 0) is 55.0 Å². The minimum Gasteiger partial charge on any atom is -0.339 e. The third-order valence-electron chi connectivity index (χ3n) is 4.29. The Balaban J connectivity index is 1.87. The number of benzene rings is 2. The van der Waals surface area contributed by atoms with Gasteiger partial charge in [-0.25, -0.2) is 4.98 Å². The van der Waals surface area contributed by atoms with E-state index >= 15 is 0 Å². The van der Waals surface area contributed by atoms with Gasteiger partial charge in [-0.3, -0.25) is 14.2 Å². The van der Waals surface area contributed by atoms with Crippen molar-refractivity contribution in [2.45, 2.75) is 6.92 Å². The van der Waals surface area contributed by atoms with E-state index in [1.54, 1.807) is 24.5 Å². The van der Waals surface area contributed by atoms with Crippen molar-refractivity contribution in [3.05, 3.63) is 99.4 Å². The molecule has 0 aliphatic heterocycles. The van der Waals surface area contributed by atoms with Crippen molar-refractivity contribution in [3.63, 3.8) is 0 Å². The minimum atomic E-state index is -0.190. The summed E-state index contributed by atoms with van der Waals surface area (Å²) in [4.78, 5) is 22.3. The number of anilines is 2. The van der Waals surface area contributed by atoms with E-state index in [0.29, 0.717) is 22.1 Å². The monoisotopic (exact) mass is 388 g/mol. The van der Waals surface area contributed by atoms with Crippen LogP contribution in [0.5, 0.6) is 0 Å². The fourth-order valence-electron chi connectivity index (χ4n) is 2.85. The van der Waals surface area contributed by atoms with Gasteiger partial charge in [0.15, 0.2) is 0 Å². The van der Waals surface area contributed by atoms with Gasteiger partial charge in [0.1, 0.15) is 17.0 Å². The quantitative estimate of drug-likeness (QED) is 0.492. The fourth-order valence-corrected chi connectivity index (χ4v) is 2.97. The first-order valence-electron chi connectivity index (χ1n) is 8.75. The molecule has 1 N–H and O–H groups in total. The predicted molar refractivity (Wildman–Crippen MR) is 115 cm³/mol. The van der Waals surface area contributed by atoms with Crippen molar-refractivity contribution in [1.82, 2.24) is 9.38 Å². The zero-order valence-electron chi connectivity index (χ0n) is 15.1. The number of nitrogens with one attached hydrogen (secondary N) is 1. The van der Waals surface area contributed by atoms with Crippen LogP contribution in [0.15, 0.2) is 82.7 Å². The van der Waals surface area contributed by atoms with Gasteiger partial charge in [-0.1, -0.05) is 35.9 Å². The van der Waals surface area contributed by atoms with Gasteiger partial charge in [0.25, 0.3) is 5.56 Å². The highest BCUT2D eigenvalue weighted by Crippen LogP contribution is 2.20. The number of hydrogen-bond donors (Lipinski definition) is 1. The van der Waals surface area contributed by atoms with Crippen molar-refractivity contribution in [3.8, 4) is 0 Å². The van der Waals surface area contributed by atoms with Crippen LogP contribution in [-0.2, 0) is 0 Å². The lowest BCUT2D eigenvalue weighted by atomic mass is 10.2. The van der Waals surface area contributed by atoms with Crippen LogP contribution in [0.4, 0.5) is 17.2 Å². The Hall–Kier alpha value is -3.44. The molecule has 2 heterocycles. The van der Waals surface area contributed by atoms with Crippen molar-refractivity contribution >= 4 is 40.7 Å². The normalized spacial score (nSPS) is 11.2. The molecule has 2 aromatic heterocycles. The smallest absolute Gasteiger partial charge is 0.268 e. The summed E-state index contributed by atoms with van der Waals surface area (Å²) in [6.07, 6.45) is 3.27. The number of hydrogen-bond acceptors (Lipinski definition) is 4. The Morgan fingerprint density at radius 1 is 1.04 bits per heavy atom.